The predicted molar refractivity (Wildman–Crippen MR) is 68.3 cm³/mol. The van der Waals surface area contributed by atoms with E-state index in [2.05, 4.69) is 28.7 Å². The summed E-state index contributed by atoms with van der Waals surface area (Å²) < 4.78 is 0. The summed E-state index contributed by atoms with van der Waals surface area (Å²) in [5.74, 6) is 2.18. The molecule has 94 valence electrons. The summed E-state index contributed by atoms with van der Waals surface area (Å²) in [5, 5.41) is 9.70. The highest BCUT2D eigenvalue weighted by Gasteiger charge is 2.20. The first-order chi connectivity index (χ1) is 8.06. The molecule has 0 spiro atoms. The minimum atomic E-state index is -0.221. The fourth-order valence-electron chi connectivity index (χ4n) is 2.16. The second kappa shape index (κ2) is 5.00. The maximum Gasteiger partial charge on any atom is 0.133 e. The van der Waals surface area contributed by atoms with Crippen LogP contribution >= 0.6 is 0 Å². The minimum Gasteiger partial charge on any atom is -0.391 e. The Morgan fingerprint density at radius 3 is 2.82 bits per heavy atom. The summed E-state index contributed by atoms with van der Waals surface area (Å²) in [6.07, 6.45) is 1.71. The van der Waals surface area contributed by atoms with Crippen molar-refractivity contribution in [2.45, 2.75) is 45.6 Å². The smallest absolute Gasteiger partial charge is 0.133 e. The Balaban J connectivity index is 2.25. The van der Waals surface area contributed by atoms with Crippen LogP contribution in [0.4, 0.5) is 5.82 Å². The molecule has 2 rings (SSSR count). The molecule has 0 saturated carbocycles. The van der Waals surface area contributed by atoms with Crippen molar-refractivity contribution in [1.29, 1.82) is 0 Å². The molecule has 4 heteroatoms. The normalized spacial score (nSPS) is 21.0. The molecule has 1 aliphatic rings. The van der Waals surface area contributed by atoms with E-state index in [1.807, 2.05) is 13.0 Å². The summed E-state index contributed by atoms with van der Waals surface area (Å²) >= 11 is 0. The van der Waals surface area contributed by atoms with Gasteiger partial charge in [0, 0.05) is 30.8 Å². The lowest BCUT2D eigenvalue weighted by molar-refractivity contribution is 0.154. The van der Waals surface area contributed by atoms with E-state index in [9.17, 15) is 5.11 Å². The van der Waals surface area contributed by atoms with Gasteiger partial charge >= 0.3 is 0 Å². The molecule has 0 bridgehead atoms. The number of aromatic nitrogens is 2. The number of anilines is 1. The van der Waals surface area contributed by atoms with Gasteiger partial charge in [0.05, 0.1) is 6.10 Å². The highest BCUT2D eigenvalue weighted by molar-refractivity contribution is 5.40. The van der Waals surface area contributed by atoms with Crippen LogP contribution in [0, 0.1) is 6.92 Å². The molecule has 1 aromatic rings. The molecule has 1 N–H and O–H groups in total. The Hall–Kier alpha value is -1.16. The Morgan fingerprint density at radius 1 is 1.41 bits per heavy atom. The van der Waals surface area contributed by atoms with Crippen LogP contribution in [0.2, 0.25) is 0 Å². The van der Waals surface area contributed by atoms with Gasteiger partial charge in [0.15, 0.2) is 0 Å². The zero-order valence-corrected chi connectivity index (χ0v) is 10.8. The maximum atomic E-state index is 9.70. The first kappa shape index (κ1) is 12.3. The molecule has 1 aromatic heterocycles. The van der Waals surface area contributed by atoms with E-state index in [4.69, 9.17) is 0 Å². The molecule has 0 radical (unpaired) electrons. The number of aliphatic hydroxyl groups excluding tert-OH is 1. The molecule has 4 nitrogen and oxygen atoms in total. The van der Waals surface area contributed by atoms with Crippen molar-refractivity contribution in [3.8, 4) is 0 Å². The zero-order chi connectivity index (χ0) is 12.4. The lowest BCUT2D eigenvalue weighted by Crippen LogP contribution is -2.38. The van der Waals surface area contributed by atoms with Gasteiger partial charge in [0.2, 0.25) is 0 Å². The second-order valence-corrected chi connectivity index (χ2v) is 5.12. The van der Waals surface area contributed by atoms with Crippen molar-refractivity contribution in [1.82, 2.24) is 9.97 Å². The van der Waals surface area contributed by atoms with E-state index in [-0.39, 0.29) is 6.10 Å². The Labute approximate surface area is 103 Å². The third kappa shape index (κ3) is 2.94. The van der Waals surface area contributed by atoms with Gasteiger partial charge in [-0.15, -0.1) is 0 Å². The number of piperidine rings is 1. The molecule has 0 aliphatic carbocycles. The van der Waals surface area contributed by atoms with Crippen LogP contribution in [-0.2, 0) is 0 Å². The van der Waals surface area contributed by atoms with Gasteiger partial charge in [-0.3, -0.25) is 0 Å². The van der Waals surface area contributed by atoms with E-state index < -0.39 is 0 Å². The molecule has 1 aliphatic heterocycles. The predicted octanol–water partition coefficient (Wildman–Crippen LogP) is 1.87. The van der Waals surface area contributed by atoms with Gasteiger partial charge in [0.1, 0.15) is 11.6 Å². The average Bonchev–Trinajstić information content (AvgIpc) is 2.28. The molecular weight excluding hydrogens is 214 g/mol. The van der Waals surface area contributed by atoms with E-state index in [0.717, 1.165) is 36.7 Å². The fraction of sp³-hybridized carbons (Fsp3) is 0.692. The number of hydrogen-bond acceptors (Lipinski definition) is 4. The van der Waals surface area contributed by atoms with Crippen LogP contribution in [0.15, 0.2) is 6.07 Å². The molecule has 0 aromatic carbocycles. The monoisotopic (exact) mass is 235 g/mol. The van der Waals surface area contributed by atoms with Gasteiger partial charge in [-0.05, 0) is 19.8 Å². The van der Waals surface area contributed by atoms with Crippen LogP contribution in [0.25, 0.3) is 0 Å². The topological polar surface area (TPSA) is 49.2 Å². The van der Waals surface area contributed by atoms with Crippen LogP contribution in [0.3, 0.4) is 0 Å². The van der Waals surface area contributed by atoms with Crippen molar-refractivity contribution >= 4 is 5.82 Å². The third-order valence-corrected chi connectivity index (χ3v) is 3.09. The van der Waals surface area contributed by atoms with Gasteiger partial charge in [-0.1, -0.05) is 13.8 Å². The fourth-order valence-corrected chi connectivity index (χ4v) is 2.16. The van der Waals surface area contributed by atoms with Gasteiger partial charge < -0.3 is 10.0 Å². The van der Waals surface area contributed by atoms with Gasteiger partial charge in [0.25, 0.3) is 0 Å². The molecule has 2 heterocycles. The zero-order valence-electron chi connectivity index (χ0n) is 10.8. The Kier molecular flexibility index (Phi) is 3.62. The number of nitrogens with zero attached hydrogens (tertiary/aromatic N) is 3. The lowest BCUT2D eigenvalue weighted by atomic mass is 10.1. The van der Waals surface area contributed by atoms with Crippen molar-refractivity contribution in [3.63, 3.8) is 0 Å². The van der Waals surface area contributed by atoms with Crippen LogP contribution in [-0.4, -0.2) is 34.3 Å². The molecule has 17 heavy (non-hydrogen) atoms. The maximum absolute atomic E-state index is 9.70. The average molecular weight is 235 g/mol. The highest BCUT2D eigenvalue weighted by Crippen LogP contribution is 2.20. The third-order valence-electron chi connectivity index (χ3n) is 3.09. The molecular formula is C13H21N3O. The minimum absolute atomic E-state index is 0.221. The standard InChI is InChI=1S/C13H21N3O/c1-9(2)13-14-10(3)7-12(15-13)16-6-4-5-11(17)8-16/h7,9,11,17H,4-6,8H2,1-3H3/t11-/m0/s1. The second-order valence-electron chi connectivity index (χ2n) is 5.12. The number of β-amino-alcohol motifs (C(OH)–C–C–N with tert-alkyl or cyclic N) is 1. The van der Waals surface area contributed by atoms with Crippen molar-refractivity contribution in [2.75, 3.05) is 18.0 Å². The molecule has 0 unspecified atom stereocenters. The SMILES string of the molecule is Cc1cc(N2CCC[C@H](O)C2)nc(C(C)C)n1. The molecule has 1 atom stereocenters. The summed E-state index contributed by atoms with van der Waals surface area (Å²) in [4.78, 5) is 11.2. The molecule has 1 fully saturated rings. The first-order valence-corrected chi connectivity index (χ1v) is 6.35. The number of aliphatic hydroxyl groups is 1. The summed E-state index contributed by atoms with van der Waals surface area (Å²) in [6.45, 7) is 7.86. The van der Waals surface area contributed by atoms with Crippen molar-refractivity contribution in [2.24, 2.45) is 0 Å². The summed E-state index contributed by atoms with van der Waals surface area (Å²) in [5.41, 5.74) is 0.999. The number of aryl methyl sites for hydroxylation is 1. The molecule has 0 amide bonds. The van der Waals surface area contributed by atoms with E-state index >= 15 is 0 Å². The van der Waals surface area contributed by atoms with E-state index in [0.29, 0.717) is 12.5 Å². The van der Waals surface area contributed by atoms with Crippen LogP contribution < -0.4 is 4.90 Å². The van der Waals surface area contributed by atoms with Crippen molar-refractivity contribution < 1.29 is 5.11 Å². The first-order valence-electron chi connectivity index (χ1n) is 6.35. The van der Waals surface area contributed by atoms with E-state index in [1.165, 1.54) is 0 Å². The largest absolute Gasteiger partial charge is 0.391 e. The van der Waals surface area contributed by atoms with Crippen LogP contribution in [0.5, 0.6) is 0 Å². The van der Waals surface area contributed by atoms with Gasteiger partial charge in [-0.25, -0.2) is 9.97 Å². The van der Waals surface area contributed by atoms with Crippen molar-refractivity contribution in [3.05, 3.63) is 17.6 Å². The lowest BCUT2D eigenvalue weighted by Gasteiger charge is -2.31. The molecule has 1 saturated heterocycles. The summed E-state index contributed by atoms with van der Waals surface area (Å²) in [7, 11) is 0. The van der Waals surface area contributed by atoms with E-state index in [1.54, 1.807) is 0 Å². The van der Waals surface area contributed by atoms with Gasteiger partial charge in [-0.2, -0.15) is 0 Å². The number of rotatable bonds is 2. The Morgan fingerprint density at radius 2 is 2.18 bits per heavy atom. The highest BCUT2D eigenvalue weighted by atomic mass is 16.3. The quantitative estimate of drug-likeness (QED) is 0.850. The number of hydrogen-bond donors (Lipinski definition) is 1. The Bertz CT molecular complexity index is 392. The van der Waals surface area contributed by atoms with Crippen LogP contribution in [0.1, 0.15) is 44.1 Å². The summed E-state index contributed by atoms with van der Waals surface area (Å²) in [6, 6.07) is 2.00.